The van der Waals surface area contributed by atoms with Gasteiger partial charge in [-0.3, -0.25) is 9.69 Å². The number of amides is 1. The second kappa shape index (κ2) is 6.37. The fourth-order valence-electron chi connectivity index (χ4n) is 3.91. The number of aromatic carboxylic acids is 1. The number of anilines is 1. The zero-order valence-corrected chi connectivity index (χ0v) is 16.0. The summed E-state index contributed by atoms with van der Waals surface area (Å²) >= 11 is 1.50. The predicted octanol–water partition coefficient (Wildman–Crippen LogP) is 4.66. The molecule has 1 amide bonds. The van der Waals surface area contributed by atoms with Crippen molar-refractivity contribution in [3.8, 4) is 0 Å². The summed E-state index contributed by atoms with van der Waals surface area (Å²) in [4.78, 5) is 26.2. The van der Waals surface area contributed by atoms with Crippen molar-refractivity contribution in [1.29, 1.82) is 0 Å². The SMILES string of the molecule is Cc1c(N2C(=O)CSC2c2ccc(F)cc2)ccc(C(=O)O)c1C1(C)CC1. The molecule has 2 aliphatic rings. The number of nitrogens with zero attached hydrogens (tertiary/aromatic N) is 1. The van der Waals surface area contributed by atoms with E-state index in [1.807, 2.05) is 6.92 Å². The number of hydrogen-bond acceptors (Lipinski definition) is 3. The lowest BCUT2D eigenvalue weighted by atomic mass is 9.87. The van der Waals surface area contributed by atoms with Crippen LogP contribution in [-0.2, 0) is 10.2 Å². The first kappa shape index (κ1) is 18.0. The largest absolute Gasteiger partial charge is 0.478 e. The highest BCUT2D eigenvalue weighted by Gasteiger charge is 2.44. The van der Waals surface area contributed by atoms with Gasteiger partial charge in [0.25, 0.3) is 0 Å². The van der Waals surface area contributed by atoms with E-state index in [-0.39, 0.29) is 22.5 Å². The van der Waals surface area contributed by atoms with Gasteiger partial charge in [-0.2, -0.15) is 0 Å². The first-order chi connectivity index (χ1) is 12.8. The van der Waals surface area contributed by atoms with Gasteiger partial charge in [0.1, 0.15) is 11.2 Å². The predicted molar refractivity (Wildman–Crippen MR) is 104 cm³/mol. The van der Waals surface area contributed by atoms with Crippen LogP contribution in [0.25, 0.3) is 0 Å². The summed E-state index contributed by atoms with van der Waals surface area (Å²) < 4.78 is 13.3. The number of hydrogen-bond donors (Lipinski definition) is 1. The number of rotatable bonds is 4. The third kappa shape index (κ3) is 3.02. The van der Waals surface area contributed by atoms with Crippen LogP contribution in [0.1, 0.15) is 52.2 Å². The van der Waals surface area contributed by atoms with E-state index < -0.39 is 5.97 Å². The molecule has 27 heavy (non-hydrogen) atoms. The molecule has 1 atom stereocenters. The molecular formula is C21H20FNO3S. The number of carboxylic acids is 1. The topological polar surface area (TPSA) is 57.6 Å². The zero-order chi connectivity index (χ0) is 19.3. The number of carbonyl (C=O) groups is 2. The molecule has 0 bridgehead atoms. The molecule has 0 radical (unpaired) electrons. The minimum atomic E-state index is -0.940. The molecule has 2 aromatic carbocycles. The van der Waals surface area contributed by atoms with Gasteiger partial charge in [0.15, 0.2) is 0 Å². The lowest BCUT2D eigenvalue weighted by Crippen LogP contribution is -2.29. The third-order valence-electron chi connectivity index (χ3n) is 5.55. The second-order valence-corrected chi connectivity index (χ2v) is 8.55. The Morgan fingerprint density at radius 3 is 2.48 bits per heavy atom. The van der Waals surface area contributed by atoms with Crippen LogP contribution in [0.3, 0.4) is 0 Å². The number of thioether (sulfide) groups is 1. The Kier molecular flexibility index (Phi) is 4.26. The Labute approximate surface area is 161 Å². The Morgan fingerprint density at radius 2 is 1.89 bits per heavy atom. The molecule has 1 saturated carbocycles. The fourth-order valence-corrected chi connectivity index (χ4v) is 5.08. The standard InChI is InChI=1S/C21H20FNO3S/c1-12-16(8-7-15(20(25)26)18(12)21(2)9-10-21)23-17(24)11-27-19(23)13-3-5-14(22)6-4-13/h3-8,19H,9-11H2,1-2H3,(H,25,26). The van der Waals surface area contributed by atoms with E-state index in [2.05, 4.69) is 6.92 Å². The van der Waals surface area contributed by atoms with Crippen molar-refractivity contribution in [2.75, 3.05) is 10.7 Å². The average molecular weight is 385 g/mol. The highest BCUT2D eigenvalue weighted by molar-refractivity contribution is 8.00. The molecule has 4 rings (SSSR count). The average Bonchev–Trinajstić information content (AvgIpc) is 3.26. The lowest BCUT2D eigenvalue weighted by Gasteiger charge is -2.28. The van der Waals surface area contributed by atoms with Crippen molar-refractivity contribution < 1.29 is 19.1 Å². The minimum absolute atomic E-state index is 0.0209. The van der Waals surface area contributed by atoms with Crippen LogP contribution < -0.4 is 4.90 Å². The molecule has 140 valence electrons. The van der Waals surface area contributed by atoms with Crippen LogP contribution in [0.15, 0.2) is 36.4 Å². The molecule has 2 aromatic rings. The molecule has 1 unspecified atom stereocenters. The highest BCUT2D eigenvalue weighted by atomic mass is 32.2. The summed E-state index contributed by atoms with van der Waals surface area (Å²) in [6.45, 7) is 3.97. The first-order valence-electron chi connectivity index (χ1n) is 8.88. The van der Waals surface area contributed by atoms with Gasteiger partial charge < -0.3 is 5.11 Å². The quantitative estimate of drug-likeness (QED) is 0.831. The summed E-state index contributed by atoms with van der Waals surface area (Å²) in [5.74, 6) is -0.933. The van der Waals surface area contributed by atoms with Crippen molar-refractivity contribution in [2.24, 2.45) is 0 Å². The van der Waals surface area contributed by atoms with Crippen molar-refractivity contribution >= 4 is 29.3 Å². The maximum absolute atomic E-state index is 13.3. The molecule has 1 N–H and O–H groups in total. The van der Waals surface area contributed by atoms with Crippen LogP contribution in [0, 0.1) is 12.7 Å². The van der Waals surface area contributed by atoms with E-state index in [0.717, 1.165) is 35.2 Å². The first-order valence-corrected chi connectivity index (χ1v) is 9.93. The molecule has 2 fully saturated rings. The van der Waals surface area contributed by atoms with Gasteiger partial charge in [-0.15, -0.1) is 11.8 Å². The minimum Gasteiger partial charge on any atom is -0.478 e. The zero-order valence-electron chi connectivity index (χ0n) is 15.2. The van der Waals surface area contributed by atoms with Crippen molar-refractivity contribution in [3.63, 3.8) is 0 Å². The number of carbonyl (C=O) groups excluding carboxylic acids is 1. The van der Waals surface area contributed by atoms with Crippen molar-refractivity contribution in [3.05, 3.63) is 64.5 Å². The van der Waals surface area contributed by atoms with Crippen LogP contribution >= 0.6 is 11.8 Å². The Balaban J connectivity index is 1.83. The van der Waals surface area contributed by atoms with Gasteiger partial charge in [0, 0.05) is 5.69 Å². The summed E-state index contributed by atoms with van der Waals surface area (Å²) in [6.07, 6.45) is 1.89. The molecular weight excluding hydrogens is 365 g/mol. The van der Waals surface area contributed by atoms with Crippen LogP contribution in [0.5, 0.6) is 0 Å². The molecule has 1 heterocycles. The molecule has 0 aromatic heterocycles. The number of halogens is 1. The maximum atomic E-state index is 13.3. The van der Waals surface area contributed by atoms with Gasteiger partial charge in [0.05, 0.1) is 11.3 Å². The van der Waals surface area contributed by atoms with Crippen molar-refractivity contribution in [1.82, 2.24) is 0 Å². The normalized spacial score (nSPS) is 20.8. The molecule has 0 spiro atoms. The number of carboxylic acid groups (broad SMARTS) is 1. The van der Waals surface area contributed by atoms with Gasteiger partial charge in [-0.05, 0) is 66.1 Å². The van der Waals surface area contributed by atoms with E-state index in [1.54, 1.807) is 29.2 Å². The fraction of sp³-hybridized carbons (Fsp3) is 0.333. The van der Waals surface area contributed by atoms with Gasteiger partial charge in [-0.25, -0.2) is 9.18 Å². The van der Waals surface area contributed by atoms with Crippen LogP contribution in [0.2, 0.25) is 0 Å². The molecule has 6 heteroatoms. The number of benzene rings is 2. The second-order valence-electron chi connectivity index (χ2n) is 7.48. The van der Waals surface area contributed by atoms with E-state index in [1.165, 1.54) is 23.9 Å². The van der Waals surface area contributed by atoms with Gasteiger partial charge >= 0.3 is 5.97 Å². The molecule has 1 aliphatic heterocycles. The molecule has 1 aliphatic carbocycles. The molecule has 4 nitrogen and oxygen atoms in total. The van der Waals surface area contributed by atoms with E-state index in [9.17, 15) is 19.1 Å². The van der Waals surface area contributed by atoms with Gasteiger partial charge in [0.2, 0.25) is 5.91 Å². The Morgan fingerprint density at radius 1 is 1.22 bits per heavy atom. The molecule has 1 saturated heterocycles. The van der Waals surface area contributed by atoms with Gasteiger partial charge in [-0.1, -0.05) is 19.1 Å². The van der Waals surface area contributed by atoms with E-state index >= 15 is 0 Å². The Hall–Kier alpha value is -2.34. The maximum Gasteiger partial charge on any atom is 0.335 e. The summed E-state index contributed by atoms with van der Waals surface area (Å²) in [6, 6.07) is 9.53. The van der Waals surface area contributed by atoms with E-state index in [0.29, 0.717) is 11.3 Å². The van der Waals surface area contributed by atoms with Crippen LogP contribution in [-0.4, -0.2) is 22.7 Å². The summed E-state index contributed by atoms with van der Waals surface area (Å²) in [5.41, 5.74) is 3.44. The monoisotopic (exact) mass is 385 g/mol. The Bertz CT molecular complexity index is 937. The lowest BCUT2D eigenvalue weighted by molar-refractivity contribution is -0.115. The van der Waals surface area contributed by atoms with E-state index in [4.69, 9.17) is 0 Å². The van der Waals surface area contributed by atoms with Crippen molar-refractivity contribution in [2.45, 2.75) is 37.5 Å². The highest BCUT2D eigenvalue weighted by Crippen LogP contribution is 2.52. The summed E-state index contributed by atoms with van der Waals surface area (Å²) in [7, 11) is 0. The van der Waals surface area contributed by atoms with Crippen LogP contribution in [0.4, 0.5) is 10.1 Å². The smallest absolute Gasteiger partial charge is 0.335 e. The third-order valence-corrected chi connectivity index (χ3v) is 6.77. The summed E-state index contributed by atoms with van der Waals surface area (Å²) in [5, 5.41) is 9.38.